The quantitative estimate of drug-likeness (QED) is 0.330. The first-order valence-electron chi connectivity index (χ1n) is 10.1. The molecule has 0 spiro atoms. The summed E-state index contributed by atoms with van der Waals surface area (Å²) < 4.78 is 18.1. The maximum Gasteiger partial charge on any atom is 0.339 e. The van der Waals surface area contributed by atoms with Crippen LogP contribution in [0, 0.1) is 5.82 Å². The summed E-state index contributed by atoms with van der Waals surface area (Å²) in [6, 6.07) is 20.4. The van der Waals surface area contributed by atoms with Gasteiger partial charge in [-0.1, -0.05) is 48.0 Å². The van der Waals surface area contributed by atoms with E-state index in [1.807, 2.05) is 0 Å². The molecule has 1 heterocycles. The van der Waals surface area contributed by atoms with Crippen LogP contribution in [0.4, 0.5) is 4.39 Å². The Hall–Kier alpha value is -4.30. The van der Waals surface area contributed by atoms with Crippen molar-refractivity contribution >= 4 is 40.3 Å². The summed E-state index contributed by atoms with van der Waals surface area (Å²) in [5.41, 5.74) is 6.36. The lowest BCUT2D eigenvalue weighted by atomic mass is 10.0. The number of aromatic nitrogens is 1. The largest absolute Gasteiger partial charge is 0.452 e. The third-order valence-corrected chi connectivity index (χ3v) is 5.17. The number of hydrogen-bond donors (Lipinski definition) is 2. The molecule has 0 bridgehead atoms. The van der Waals surface area contributed by atoms with E-state index in [4.69, 9.17) is 16.3 Å². The van der Waals surface area contributed by atoms with E-state index in [9.17, 15) is 18.8 Å². The van der Waals surface area contributed by atoms with E-state index in [1.54, 1.807) is 54.6 Å². The summed E-state index contributed by atoms with van der Waals surface area (Å²) >= 11 is 6.29. The first-order valence-corrected chi connectivity index (χ1v) is 10.5. The van der Waals surface area contributed by atoms with Gasteiger partial charge in [0.25, 0.3) is 11.8 Å². The Labute approximate surface area is 198 Å². The molecule has 0 radical (unpaired) electrons. The molecule has 1 aromatic heterocycles. The highest BCUT2D eigenvalue weighted by molar-refractivity contribution is 6.33. The molecule has 170 valence electrons. The Kier molecular flexibility index (Phi) is 6.79. The maximum absolute atomic E-state index is 13.0. The van der Waals surface area contributed by atoms with Crippen LogP contribution < -0.4 is 10.9 Å². The number of carbonyl (C=O) groups is 3. The number of fused-ring (bicyclic) bond motifs is 1. The SMILES string of the molecule is O=C(COC(=O)c1cc(-c2ccccc2Cl)nc2ccccc12)NNC(=O)c1ccc(F)cc1. The number of esters is 1. The first kappa shape index (κ1) is 22.9. The van der Waals surface area contributed by atoms with E-state index in [0.29, 0.717) is 27.2 Å². The van der Waals surface area contributed by atoms with Crippen LogP contribution in [-0.4, -0.2) is 29.4 Å². The van der Waals surface area contributed by atoms with Gasteiger partial charge in [0.1, 0.15) is 5.82 Å². The molecular formula is C25H17ClFN3O4. The van der Waals surface area contributed by atoms with Crippen molar-refractivity contribution in [3.63, 3.8) is 0 Å². The number of pyridine rings is 1. The molecule has 0 unspecified atom stereocenters. The van der Waals surface area contributed by atoms with E-state index in [1.165, 1.54) is 12.1 Å². The summed E-state index contributed by atoms with van der Waals surface area (Å²) in [5, 5.41) is 1.02. The number of hydrogen-bond acceptors (Lipinski definition) is 5. The predicted molar refractivity (Wildman–Crippen MR) is 124 cm³/mol. The Morgan fingerprint density at radius 2 is 1.62 bits per heavy atom. The highest BCUT2D eigenvalue weighted by Crippen LogP contribution is 2.30. The molecule has 0 aliphatic rings. The number of halogens is 2. The van der Waals surface area contributed by atoms with E-state index < -0.39 is 30.2 Å². The fourth-order valence-corrected chi connectivity index (χ4v) is 3.43. The molecule has 0 aliphatic carbocycles. The second-order valence-corrected chi connectivity index (χ2v) is 7.54. The van der Waals surface area contributed by atoms with Crippen molar-refractivity contribution in [2.75, 3.05) is 6.61 Å². The van der Waals surface area contributed by atoms with Gasteiger partial charge in [0.15, 0.2) is 6.61 Å². The van der Waals surface area contributed by atoms with Crippen molar-refractivity contribution in [1.29, 1.82) is 0 Å². The highest BCUT2D eigenvalue weighted by Gasteiger charge is 2.18. The number of amides is 2. The molecule has 0 aliphatic heterocycles. The topological polar surface area (TPSA) is 97.4 Å². The Balaban J connectivity index is 1.46. The van der Waals surface area contributed by atoms with Gasteiger partial charge in [0.05, 0.1) is 16.8 Å². The fourth-order valence-electron chi connectivity index (χ4n) is 3.20. The third kappa shape index (κ3) is 5.19. The van der Waals surface area contributed by atoms with Crippen LogP contribution in [-0.2, 0) is 9.53 Å². The molecule has 2 amide bonds. The number of benzene rings is 3. The molecule has 0 fully saturated rings. The van der Waals surface area contributed by atoms with Crippen molar-refractivity contribution < 1.29 is 23.5 Å². The molecule has 4 aromatic rings. The van der Waals surface area contributed by atoms with Gasteiger partial charge in [-0.25, -0.2) is 14.2 Å². The fraction of sp³-hybridized carbons (Fsp3) is 0.0400. The van der Waals surface area contributed by atoms with E-state index in [2.05, 4.69) is 15.8 Å². The van der Waals surface area contributed by atoms with Crippen molar-refractivity contribution in [2.45, 2.75) is 0 Å². The van der Waals surface area contributed by atoms with Gasteiger partial charge in [-0.15, -0.1) is 0 Å². The molecular weight excluding hydrogens is 461 g/mol. The van der Waals surface area contributed by atoms with Gasteiger partial charge in [-0.2, -0.15) is 0 Å². The predicted octanol–water partition coefficient (Wildman–Crippen LogP) is 4.31. The van der Waals surface area contributed by atoms with Crippen molar-refractivity contribution in [1.82, 2.24) is 15.8 Å². The minimum atomic E-state index is -0.756. The maximum atomic E-state index is 13.0. The summed E-state index contributed by atoms with van der Waals surface area (Å²) in [5.74, 6) is -2.64. The van der Waals surface area contributed by atoms with Gasteiger partial charge < -0.3 is 4.74 Å². The van der Waals surface area contributed by atoms with E-state index >= 15 is 0 Å². The molecule has 9 heteroatoms. The number of ether oxygens (including phenoxy) is 1. The van der Waals surface area contributed by atoms with Crippen molar-refractivity contribution in [3.8, 4) is 11.3 Å². The van der Waals surface area contributed by atoms with E-state index in [-0.39, 0.29) is 11.1 Å². The summed E-state index contributed by atoms with van der Waals surface area (Å²) in [6.07, 6.45) is 0. The molecule has 2 N–H and O–H groups in total. The van der Waals surface area contributed by atoms with Crippen LogP contribution in [0.25, 0.3) is 22.2 Å². The van der Waals surface area contributed by atoms with Gasteiger partial charge in [-0.05, 0) is 42.5 Å². The van der Waals surface area contributed by atoms with Crippen LogP contribution in [0.2, 0.25) is 5.02 Å². The summed E-state index contributed by atoms with van der Waals surface area (Å²) in [6.45, 7) is -0.638. The van der Waals surface area contributed by atoms with Crippen molar-refractivity contribution in [3.05, 3.63) is 101 Å². The number of para-hydroxylation sites is 1. The van der Waals surface area contributed by atoms with Crippen LogP contribution >= 0.6 is 11.6 Å². The lowest BCUT2D eigenvalue weighted by Gasteiger charge is -2.11. The number of hydrazine groups is 1. The molecule has 4 rings (SSSR count). The van der Waals surface area contributed by atoms with Crippen LogP contribution in [0.15, 0.2) is 78.9 Å². The van der Waals surface area contributed by atoms with Gasteiger partial charge in [0.2, 0.25) is 0 Å². The zero-order chi connectivity index (χ0) is 24.1. The summed E-state index contributed by atoms with van der Waals surface area (Å²) in [4.78, 5) is 41.5. The Morgan fingerprint density at radius 3 is 2.38 bits per heavy atom. The molecule has 0 atom stereocenters. The normalized spacial score (nSPS) is 10.5. The minimum Gasteiger partial charge on any atom is -0.452 e. The zero-order valence-corrected chi connectivity index (χ0v) is 18.3. The second kappa shape index (κ2) is 10.1. The third-order valence-electron chi connectivity index (χ3n) is 4.84. The number of rotatable bonds is 5. The average Bonchev–Trinajstić information content (AvgIpc) is 2.85. The molecule has 34 heavy (non-hydrogen) atoms. The van der Waals surface area contributed by atoms with Crippen LogP contribution in [0.1, 0.15) is 20.7 Å². The van der Waals surface area contributed by atoms with Gasteiger partial charge in [0, 0.05) is 21.5 Å². The zero-order valence-electron chi connectivity index (χ0n) is 17.5. The van der Waals surface area contributed by atoms with Gasteiger partial charge in [-0.3, -0.25) is 20.4 Å². The van der Waals surface area contributed by atoms with Crippen molar-refractivity contribution in [2.24, 2.45) is 0 Å². The monoisotopic (exact) mass is 477 g/mol. The second-order valence-electron chi connectivity index (χ2n) is 7.14. The lowest BCUT2D eigenvalue weighted by molar-refractivity contribution is -0.125. The average molecular weight is 478 g/mol. The summed E-state index contributed by atoms with van der Waals surface area (Å²) in [7, 11) is 0. The Morgan fingerprint density at radius 1 is 0.912 bits per heavy atom. The standard InChI is InChI=1S/C25H17ClFN3O4/c26-20-7-3-1-6-18(20)22-13-19(17-5-2-4-8-21(17)28-22)25(33)34-14-23(31)29-30-24(32)15-9-11-16(27)12-10-15/h1-13H,14H2,(H,29,31)(H,30,32). The molecule has 7 nitrogen and oxygen atoms in total. The Bertz CT molecular complexity index is 1390. The molecule has 0 saturated carbocycles. The van der Waals surface area contributed by atoms with Crippen LogP contribution in [0.5, 0.6) is 0 Å². The molecule has 3 aromatic carbocycles. The minimum absolute atomic E-state index is 0.147. The van der Waals surface area contributed by atoms with Gasteiger partial charge >= 0.3 is 5.97 Å². The smallest absolute Gasteiger partial charge is 0.339 e. The first-order chi connectivity index (χ1) is 16.4. The number of nitrogens with one attached hydrogen (secondary N) is 2. The number of carbonyl (C=O) groups excluding carboxylic acids is 3. The number of nitrogens with zero attached hydrogens (tertiary/aromatic N) is 1. The molecule has 0 saturated heterocycles. The van der Waals surface area contributed by atoms with E-state index in [0.717, 1.165) is 12.1 Å². The lowest BCUT2D eigenvalue weighted by Crippen LogP contribution is -2.43. The van der Waals surface area contributed by atoms with Crippen LogP contribution in [0.3, 0.4) is 0 Å². The highest BCUT2D eigenvalue weighted by atomic mass is 35.5.